The quantitative estimate of drug-likeness (QED) is 0.373. The molecule has 1 aromatic heterocycles. The van der Waals surface area contributed by atoms with Gasteiger partial charge in [-0.2, -0.15) is 0 Å². The van der Waals surface area contributed by atoms with Crippen molar-refractivity contribution >= 4 is 46.3 Å². The van der Waals surface area contributed by atoms with E-state index in [1.54, 1.807) is 7.11 Å². The van der Waals surface area contributed by atoms with E-state index in [9.17, 15) is 0 Å². The first-order valence-electron chi connectivity index (χ1n) is 9.25. The van der Waals surface area contributed by atoms with Gasteiger partial charge in [-0.3, -0.25) is 4.99 Å². The molecule has 5 nitrogen and oxygen atoms in total. The third-order valence-corrected chi connectivity index (χ3v) is 5.46. The van der Waals surface area contributed by atoms with Crippen LogP contribution in [0.25, 0.3) is 0 Å². The molecule has 1 aromatic carbocycles. The average molecular weight is 500 g/mol. The number of nitrogens with zero attached hydrogens (tertiary/aromatic N) is 3. The summed E-state index contributed by atoms with van der Waals surface area (Å²) < 4.78 is 5.30. The van der Waals surface area contributed by atoms with E-state index in [0.717, 1.165) is 57.4 Å². The Morgan fingerprint density at radius 2 is 2.00 bits per heavy atom. The number of anilines is 1. The van der Waals surface area contributed by atoms with Crippen molar-refractivity contribution in [1.29, 1.82) is 0 Å². The van der Waals surface area contributed by atoms with Crippen LogP contribution in [0, 0.1) is 0 Å². The lowest BCUT2D eigenvalue weighted by Gasteiger charge is -2.37. The molecule has 7 heteroatoms. The molecule has 0 saturated carbocycles. The highest BCUT2D eigenvalue weighted by Crippen LogP contribution is 2.22. The predicted molar refractivity (Wildman–Crippen MR) is 126 cm³/mol. The highest BCUT2D eigenvalue weighted by molar-refractivity contribution is 14.0. The van der Waals surface area contributed by atoms with Crippen LogP contribution in [-0.4, -0.2) is 57.2 Å². The summed E-state index contributed by atoms with van der Waals surface area (Å²) in [4.78, 5) is 9.68. The maximum atomic E-state index is 5.30. The van der Waals surface area contributed by atoms with E-state index in [2.05, 4.69) is 51.7 Å². The number of piperazine rings is 1. The minimum atomic E-state index is 0. The molecule has 148 valence electrons. The standard InChI is InChI=1S/C20H28N4OS.HI/c1-3-21-20(22-10-9-17-6-4-7-18(16-17)25-2)24-13-11-23(12-14-24)19-8-5-15-26-19;/h4-8,15-16H,3,9-14H2,1-2H3,(H,21,22);1H. The number of guanidine groups is 1. The average Bonchev–Trinajstić information content (AvgIpc) is 3.22. The van der Waals surface area contributed by atoms with Crippen molar-refractivity contribution in [1.82, 2.24) is 10.2 Å². The molecule has 0 spiro atoms. The number of hydrogen-bond acceptors (Lipinski definition) is 4. The molecule has 1 N–H and O–H groups in total. The number of methoxy groups -OCH3 is 1. The van der Waals surface area contributed by atoms with Gasteiger partial charge in [0.05, 0.1) is 12.1 Å². The van der Waals surface area contributed by atoms with Gasteiger partial charge in [-0.1, -0.05) is 12.1 Å². The van der Waals surface area contributed by atoms with Crippen LogP contribution in [0.2, 0.25) is 0 Å². The summed E-state index contributed by atoms with van der Waals surface area (Å²) in [6.07, 6.45) is 0.918. The number of benzene rings is 1. The molecule has 1 aliphatic heterocycles. The summed E-state index contributed by atoms with van der Waals surface area (Å²) in [7, 11) is 1.70. The van der Waals surface area contributed by atoms with Crippen LogP contribution in [-0.2, 0) is 6.42 Å². The van der Waals surface area contributed by atoms with Crippen molar-refractivity contribution in [3.05, 3.63) is 47.3 Å². The number of thiophene rings is 1. The normalized spacial score (nSPS) is 14.7. The fourth-order valence-electron chi connectivity index (χ4n) is 3.13. The Bertz CT molecular complexity index is 700. The first-order valence-corrected chi connectivity index (χ1v) is 10.1. The molecular formula is C20H29IN4OS. The summed E-state index contributed by atoms with van der Waals surface area (Å²) in [5.74, 6) is 1.93. The van der Waals surface area contributed by atoms with Crippen LogP contribution < -0.4 is 15.0 Å². The van der Waals surface area contributed by atoms with Gasteiger partial charge in [-0.05, 0) is 48.6 Å². The fourth-order valence-corrected chi connectivity index (χ4v) is 3.92. The van der Waals surface area contributed by atoms with E-state index < -0.39 is 0 Å². The fraction of sp³-hybridized carbons (Fsp3) is 0.450. The van der Waals surface area contributed by atoms with E-state index in [1.807, 2.05) is 23.5 Å². The van der Waals surface area contributed by atoms with Crippen LogP contribution >= 0.6 is 35.3 Å². The molecule has 0 radical (unpaired) electrons. The Balaban J connectivity index is 0.00000261. The third-order valence-electron chi connectivity index (χ3n) is 4.53. The van der Waals surface area contributed by atoms with Crippen LogP contribution in [0.4, 0.5) is 5.00 Å². The maximum absolute atomic E-state index is 5.30. The zero-order valence-corrected chi connectivity index (χ0v) is 19.2. The van der Waals surface area contributed by atoms with Gasteiger partial charge >= 0.3 is 0 Å². The third kappa shape index (κ3) is 6.27. The van der Waals surface area contributed by atoms with E-state index in [4.69, 9.17) is 9.73 Å². The number of halogens is 1. The second kappa shape index (κ2) is 11.4. The summed E-state index contributed by atoms with van der Waals surface area (Å²) in [6, 6.07) is 12.5. The lowest BCUT2D eigenvalue weighted by molar-refractivity contribution is 0.373. The first-order chi connectivity index (χ1) is 12.8. The summed E-state index contributed by atoms with van der Waals surface area (Å²) in [5, 5.41) is 6.96. The number of rotatable bonds is 6. The van der Waals surface area contributed by atoms with Gasteiger partial charge in [0.15, 0.2) is 5.96 Å². The van der Waals surface area contributed by atoms with E-state index in [1.165, 1.54) is 10.6 Å². The van der Waals surface area contributed by atoms with Gasteiger partial charge < -0.3 is 19.9 Å². The Hall–Kier alpha value is -1.48. The zero-order chi connectivity index (χ0) is 18.2. The van der Waals surface area contributed by atoms with Crippen LogP contribution in [0.5, 0.6) is 5.75 Å². The molecule has 3 rings (SSSR count). The van der Waals surface area contributed by atoms with Crippen molar-refractivity contribution < 1.29 is 4.74 Å². The molecule has 0 unspecified atom stereocenters. The Labute approximate surface area is 183 Å². The zero-order valence-electron chi connectivity index (χ0n) is 16.1. The summed E-state index contributed by atoms with van der Waals surface area (Å²) in [6.45, 7) is 7.89. The van der Waals surface area contributed by atoms with Crippen LogP contribution in [0.1, 0.15) is 12.5 Å². The first kappa shape index (κ1) is 21.8. The predicted octanol–water partition coefficient (Wildman–Crippen LogP) is 3.70. The minimum Gasteiger partial charge on any atom is -0.497 e. The minimum absolute atomic E-state index is 0. The molecule has 0 amide bonds. The number of ether oxygens (including phenoxy) is 1. The Morgan fingerprint density at radius 3 is 2.67 bits per heavy atom. The molecule has 0 atom stereocenters. The van der Waals surface area contributed by atoms with Crippen LogP contribution in [0.3, 0.4) is 0 Å². The van der Waals surface area contributed by atoms with Gasteiger partial charge in [0.1, 0.15) is 5.75 Å². The van der Waals surface area contributed by atoms with Gasteiger partial charge in [-0.25, -0.2) is 0 Å². The lowest BCUT2D eigenvalue weighted by Crippen LogP contribution is -2.52. The van der Waals surface area contributed by atoms with Crippen molar-refractivity contribution in [3.8, 4) is 5.75 Å². The van der Waals surface area contributed by atoms with Crippen molar-refractivity contribution in [2.24, 2.45) is 4.99 Å². The SMILES string of the molecule is CCNC(=NCCc1cccc(OC)c1)N1CCN(c2cccs2)CC1.I. The molecule has 2 heterocycles. The second-order valence-corrected chi connectivity index (χ2v) is 7.19. The smallest absolute Gasteiger partial charge is 0.194 e. The Kier molecular flexibility index (Phi) is 9.20. The maximum Gasteiger partial charge on any atom is 0.194 e. The molecule has 1 saturated heterocycles. The summed E-state index contributed by atoms with van der Waals surface area (Å²) >= 11 is 1.82. The van der Waals surface area contributed by atoms with Gasteiger partial charge in [0.2, 0.25) is 0 Å². The molecule has 1 aliphatic rings. The molecule has 1 fully saturated rings. The topological polar surface area (TPSA) is 40.1 Å². The van der Waals surface area contributed by atoms with Gasteiger partial charge in [0.25, 0.3) is 0 Å². The van der Waals surface area contributed by atoms with Crippen molar-refractivity contribution in [2.45, 2.75) is 13.3 Å². The molecule has 27 heavy (non-hydrogen) atoms. The number of aliphatic imine (C=N–C) groups is 1. The lowest BCUT2D eigenvalue weighted by atomic mass is 10.1. The van der Waals surface area contributed by atoms with E-state index in [0.29, 0.717) is 0 Å². The number of hydrogen-bond donors (Lipinski definition) is 1. The van der Waals surface area contributed by atoms with Gasteiger partial charge in [-0.15, -0.1) is 35.3 Å². The molecular weight excluding hydrogens is 471 g/mol. The van der Waals surface area contributed by atoms with Crippen molar-refractivity contribution in [2.75, 3.05) is 51.3 Å². The summed E-state index contributed by atoms with van der Waals surface area (Å²) in [5.41, 5.74) is 1.26. The molecule has 0 bridgehead atoms. The van der Waals surface area contributed by atoms with Crippen LogP contribution in [0.15, 0.2) is 46.8 Å². The largest absolute Gasteiger partial charge is 0.497 e. The second-order valence-electron chi connectivity index (χ2n) is 6.26. The van der Waals surface area contributed by atoms with Crippen molar-refractivity contribution in [3.63, 3.8) is 0 Å². The van der Waals surface area contributed by atoms with E-state index >= 15 is 0 Å². The van der Waals surface area contributed by atoms with E-state index in [-0.39, 0.29) is 24.0 Å². The van der Waals surface area contributed by atoms with Gasteiger partial charge in [0, 0.05) is 39.3 Å². The molecule has 2 aromatic rings. The highest BCUT2D eigenvalue weighted by Gasteiger charge is 2.20. The molecule has 0 aliphatic carbocycles. The number of nitrogens with one attached hydrogen (secondary N) is 1. The Morgan fingerprint density at radius 1 is 1.19 bits per heavy atom. The highest BCUT2D eigenvalue weighted by atomic mass is 127. The monoisotopic (exact) mass is 500 g/mol.